The maximum Gasteiger partial charge on any atom is 0.237 e. The van der Waals surface area contributed by atoms with Gasteiger partial charge in [0.25, 0.3) is 0 Å². The molecule has 0 radical (unpaired) electrons. The summed E-state index contributed by atoms with van der Waals surface area (Å²) in [4.78, 5) is 12.3. The second-order valence-electron chi connectivity index (χ2n) is 5.08. The second-order valence-corrected chi connectivity index (χ2v) is 6.79. The smallest absolute Gasteiger partial charge is 0.237 e. The number of thioether (sulfide) groups is 1. The molecule has 1 N–H and O–H groups in total. The highest BCUT2D eigenvalue weighted by Crippen LogP contribution is 2.24. The molecule has 0 aliphatic rings. The van der Waals surface area contributed by atoms with Crippen molar-refractivity contribution < 1.29 is 13.6 Å². The van der Waals surface area contributed by atoms with Crippen molar-refractivity contribution in [2.75, 3.05) is 5.32 Å². The number of amides is 1. The second kappa shape index (κ2) is 7.66. The molecule has 1 aromatic carbocycles. The van der Waals surface area contributed by atoms with Gasteiger partial charge in [0.2, 0.25) is 11.1 Å². The fourth-order valence-corrected chi connectivity index (χ4v) is 2.93. The molecule has 3 rings (SSSR count). The molecule has 1 amide bonds. The van der Waals surface area contributed by atoms with E-state index in [2.05, 4.69) is 20.8 Å². The lowest BCUT2D eigenvalue weighted by atomic mass is 10.3. The molecule has 130 valence electrons. The SMILES string of the molecule is CC(Sc1nnnn1Cc1ccco1)C(=O)Nc1ccc(F)c(Cl)c1. The van der Waals surface area contributed by atoms with Gasteiger partial charge in [0, 0.05) is 5.69 Å². The topological polar surface area (TPSA) is 85.8 Å². The van der Waals surface area contributed by atoms with Gasteiger partial charge < -0.3 is 9.73 Å². The average molecular weight is 382 g/mol. The molecule has 2 heterocycles. The summed E-state index contributed by atoms with van der Waals surface area (Å²) in [5.74, 6) is -0.119. The van der Waals surface area contributed by atoms with Crippen LogP contribution in [0.25, 0.3) is 0 Å². The first-order valence-electron chi connectivity index (χ1n) is 7.24. The molecular formula is C15H13ClFN5O2S. The minimum absolute atomic E-state index is 0.0551. The monoisotopic (exact) mass is 381 g/mol. The molecule has 0 aliphatic carbocycles. The molecule has 3 aromatic rings. The number of rotatable bonds is 6. The Morgan fingerprint density at radius 2 is 2.32 bits per heavy atom. The van der Waals surface area contributed by atoms with Crippen molar-refractivity contribution in [3.05, 3.63) is 53.2 Å². The van der Waals surface area contributed by atoms with Crippen LogP contribution < -0.4 is 5.32 Å². The van der Waals surface area contributed by atoms with Crippen LogP contribution in [0.15, 0.2) is 46.2 Å². The van der Waals surface area contributed by atoms with Gasteiger partial charge in [-0.1, -0.05) is 23.4 Å². The van der Waals surface area contributed by atoms with Gasteiger partial charge in [-0.05, 0) is 47.7 Å². The lowest BCUT2D eigenvalue weighted by Gasteiger charge is -2.11. The lowest BCUT2D eigenvalue weighted by molar-refractivity contribution is -0.115. The molecule has 25 heavy (non-hydrogen) atoms. The van der Waals surface area contributed by atoms with Crippen LogP contribution in [-0.4, -0.2) is 31.4 Å². The number of carbonyl (C=O) groups excluding carboxylic acids is 1. The number of halogens is 2. The fraction of sp³-hybridized carbons (Fsp3) is 0.200. The van der Waals surface area contributed by atoms with Crippen LogP contribution in [0.2, 0.25) is 5.02 Å². The van der Waals surface area contributed by atoms with E-state index in [1.165, 1.54) is 30.0 Å². The number of hydrogen-bond donors (Lipinski definition) is 1. The maximum atomic E-state index is 13.2. The molecule has 0 aliphatic heterocycles. The van der Waals surface area contributed by atoms with Crippen molar-refractivity contribution in [3.63, 3.8) is 0 Å². The summed E-state index contributed by atoms with van der Waals surface area (Å²) < 4.78 is 20.0. The number of nitrogens with zero attached hydrogens (tertiary/aromatic N) is 4. The fourth-order valence-electron chi connectivity index (χ4n) is 1.96. The van der Waals surface area contributed by atoms with Crippen molar-refractivity contribution in [1.82, 2.24) is 20.2 Å². The summed E-state index contributed by atoms with van der Waals surface area (Å²) in [6.45, 7) is 2.08. The third-order valence-corrected chi connectivity index (χ3v) is 4.58. The molecule has 0 fully saturated rings. The number of anilines is 1. The molecular weight excluding hydrogens is 369 g/mol. The third-order valence-electron chi connectivity index (χ3n) is 3.22. The maximum absolute atomic E-state index is 13.2. The van der Waals surface area contributed by atoms with Gasteiger partial charge in [0.1, 0.15) is 18.1 Å². The summed E-state index contributed by atoms with van der Waals surface area (Å²) >= 11 is 6.91. The summed E-state index contributed by atoms with van der Waals surface area (Å²) in [6.07, 6.45) is 1.57. The van der Waals surface area contributed by atoms with E-state index >= 15 is 0 Å². The normalized spacial score (nSPS) is 12.1. The Balaban J connectivity index is 1.63. The predicted molar refractivity (Wildman–Crippen MR) is 91.0 cm³/mol. The Labute approximate surface area is 151 Å². The van der Waals surface area contributed by atoms with Gasteiger partial charge in [-0.15, -0.1) is 5.10 Å². The summed E-state index contributed by atoms with van der Waals surface area (Å²) in [7, 11) is 0. The number of nitrogens with one attached hydrogen (secondary N) is 1. The zero-order valence-electron chi connectivity index (χ0n) is 13.0. The Morgan fingerprint density at radius 3 is 3.04 bits per heavy atom. The van der Waals surface area contributed by atoms with E-state index in [1.54, 1.807) is 23.9 Å². The van der Waals surface area contributed by atoms with Gasteiger partial charge in [-0.25, -0.2) is 9.07 Å². The van der Waals surface area contributed by atoms with Crippen LogP contribution >= 0.6 is 23.4 Å². The Bertz CT molecular complexity index is 871. The predicted octanol–water partition coefficient (Wildman–Crippen LogP) is 3.23. The van der Waals surface area contributed by atoms with Crippen LogP contribution in [0, 0.1) is 5.82 Å². The third kappa shape index (κ3) is 4.37. The van der Waals surface area contributed by atoms with Gasteiger partial charge in [0.05, 0.1) is 16.5 Å². The molecule has 7 nitrogen and oxygen atoms in total. The minimum Gasteiger partial charge on any atom is -0.467 e. The number of hydrogen-bond acceptors (Lipinski definition) is 6. The summed E-state index contributed by atoms with van der Waals surface area (Å²) in [6, 6.07) is 7.57. The van der Waals surface area contributed by atoms with Crippen molar-refractivity contribution >= 4 is 35.0 Å². The first kappa shape index (κ1) is 17.4. The van der Waals surface area contributed by atoms with Gasteiger partial charge in [-0.2, -0.15) is 0 Å². The quantitative estimate of drug-likeness (QED) is 0.660. The minimum atomic E-state index is -0.542. The molecule has 1 atom stereocenters. The van der Waals surface area contributed by atoms with Crippen molar-refractivity contribution in [2.45, 2.75) is 23.9 Å². The summed E-state index contributed by atoms with van der Waals surface area (Å²) in [5.41, 5.74) is 0.416. The van der Waals surface area contributed by atoms with Crippen LogP contribution in [0.4, 0.5) is 10.1 Å². The number of carbonyl (C=O) groups is 1. The molecule has 0 saturated heterocycles. The van der Waals surface area contributed by atoms with Crippen LogP contribution in [0.5, 0.6) is 0 Å². The first-order valence-corrected chi connectivity index (χ1v) is 8.50. The van der Waals surface area contributed by atoms with E-state index in [0.717, 1.165) is 0 Å². The highest BCUT2D eigenvalue weighted by atomic mass is 35.5. The largest absolute Gasteiger partial charge is 0.467 e. The van der Waals surface area contributed by atoms with E-state index in [9.17, 15) is 9.18 Å². The number of benzene rings is 1. The average Bonchev–Trinajstić information content (AvgIpc) is 3.24. The van der Waals surface area contributed by atoms with E-state index in [0.29, 0.717) is 23.1 Å². The number of furan rings is 1. The Kier molecular flexibility index (Phi) is 5.34. The molecule has 2 aromatic heterocycles. The van der Waals surface area contributed by atoms with Crippen LogP contribution in [0.1, 0.15) is 12.7 Å². The molecule has 0 bridgehead atoms. The van der Waals surface area contributed by atoms with E-state index < -0.39 is 11.1 Å². The van der Waals surface area contributed by atoms with Gasteiger partial charge >= 0.3 is 0 Å². The highest BCUT2D eigenvalue weighted by Gasteiger charge is 2.19. The lowest BCUT2D eigenvalue weighted by Crippen LogP contribution is -2.23. The molecule has 10 heteroatoms. The zero-order chi connectivity index (χ0) is 17.8. The Hall–Kier alpha value is -2.39. The number of aromatic nitrogens is 4. The van der Waals surface area contributed by atoms with Crippen molar-refractivity contribution in [1.29, 1.82) is 0 Å². The number of tetrazole rings is 1. The van der Waals surface area contributed by atoms with Crippen LogP contribution in [0.3, 0.4) is 0 Å². The van der Waals surface area contributed by atoms with Gasteiger partial charge in [-0.3, -0.25) is 4.79 Å². The summed E-state index contributed by atoms with van der Waals surface area (Å²) in [5, 5.41) is 14.1. The van der Waals surface area contributed by atoms with Crippen molar-refractivity contribution in [2.24, 2.45) is 0 Å². The highest BCUT2D eigenvalue weighted by molar-refractivity contribution is 8.00. The van der Waals surface area contributed by atoms with Gasteiger partial charge in [0.15, 0.2) is 0 Å². The molecule has 0 saturated carbocycles. The first-order chi connectivity index (χ1) is 12.0. The van der Waals surface area contributed by atoms with Crippen LogP contribution in [-0.2, 0) is 11.3 Å². The molecule has 0 spiro atoms. The van der Waals surface area contributed by atoms with E-state index in [1.807, 2.05) is 6.07 Å². The molecule has 1 unspecified atom stereocenters. The van der Waals surface area contributed by atoms with E-state index in [4.69, 9.17) is 16.0 Å². The van der Waals surface area contributed by atoms with E-state index in [-0.39, 0.29) is 10.9 Å². The zero-order valence-corrected chi connectivity index (χ0v) is 14.6. The standard InChI is InChI=1S/C15H13ClFN5O2S/c1-9(14(23)18-10-4-5-13(17)12(16)7-10)25-15-19-20-21-22(15)8-11-3-2-6-24-11/h2-7,9H,8H2,1H3,(H,18,23). The van der Waals surface area contributed by atoms with Crippen molar-refractivity contribution in [3.8, 4) is 0 Å². The Morgan fingerprint density at radius 1 is 1.48 bits per heavy atom.